The minimum Gasteiger partial charge on any atom is -0.370 e. The fourth-order valence-electron chi connectivity index (χ4n) is 3.05. The lowest BCUT2D eigenvalue weighted by Crippen LogP contribution is -2.40. The van der Waals surface area contributed by atoms with Gasteiger partial charge in [0.15, 0.2) is 5.96 Å². The van der Waals surface area contributed by atoms with E-state index in [2.05, 4.69) is 20.4 Å². The minimum atomic E-state index is 0.448. The van der Waals surface area contributed by atoms with E-state index in [4.69, 9.17) is 21.9 Å². The van der Waals surface area contributed by atoms with Crippen LogP contribution >= 0.6 is 11.6 Å². The molecule has 25 heavy (non-hydrogen) atoms. The molecule has 0 unspecified atom stereocenters. The molecule has 0 spiro atoms. The van der Waals surface area contributed by atoms with E-state index in [1.54, 1.807) is 0 Å². The molecule has 0 radical (unpaired) electrons. The Bertz CT molecular complexity index is 707. The zero-order chi connectivity index (χ0) is 17.5. The van der Waals surface area contributed by atoms with E-state index in [1.165, 1.54) is 38.5 Å². The molecule has 1 fully saturated rings. The van der Waals surface area contributed by atoms with Crippen molar-refractivity contribution in [1.82, 2.24) is 15.5 Å². The van der Waals surface area contributed by atoms with Crippen molar-refractivity contribution >= 4 is 17.6 Å². The Hall–Kier alpha value is -2.08. The summed E-state index contributed by atoms with van der Waals surface area (Å²) in [6.45, 7) is 0.517. The van der Waals surface area contributed by atoms with Crippen LogP contribution in [0.5, 0.6) is 0 Å². The van der Waals surface area contributed by atoms with Gasteiger partial charge in [0.2, 0.25) is 11.7 Å². The van der Waals surface area contributed by atoms with Gasteiger partial charge >= 0.3 is 0 Å². The van der Waals surface area contributed by atoms with Crippen molar-refractivity contribution in [2.45, 2.75) is 51.0 Å². The van der Waals surface area contributed by atoms with E-state index in [0.717, 1.165) is 5.56 Å². The lowest BCUT2D eigenvalue weighted by atomic mass is 10.1. The summed E-state index contributed by atoms with van der Waals surface area (Å²) in [6, 6.07) is 7.82. The largest absolute Gasteiger partial charge is 0.370 e. The fraction of sp³-hybridized carbons (Fsp3) is 0.500. The third-order valence-electron chi connectivity index (χ3n) is 4.37. The molecule has 7 heteroatoms. The Balaban J connectivity index is 1.50. The number of aromatic nitrogens is 2. The van der Waals surface area contributed by atoms with E-state index in [-0.39, 0.29) is 0 Å². The maximum atomic E-state index is 5.99. The molecule has 1 aliphatic rings. The average molecular weight is 362 g/mol. The number of hydrogen-bond acceptors (Lipinski definition) is 4. The van der Waals surface area contributed by atoms with Crippen LogP contribution in [0.1, 0.15) is 44.4 Å². The van der Waals surface area contributed by atoms with Gasteiger partial charge in [-0.05, 0) is 25.0 Å². The van der Waals surface area contributed by atoms with Gasteiger partial charge in [-0.25, -0.2) is 0 Å². The van der Waals surface area contributed by atoms with Crippen LogP contribution in [0, 0.1) is 0 Å². The van der Waals surface area contributed by atoms with Gasteiger partial charge in [0.05, 0.1) is 6.54 Å². The maximum Gasteiger partial charge on any atom is 0.228 e. The normalized spacial score (nSPS) is 16.6. The molecular weight excluding hydrogens is 338 g/mol. The Kier molecular flexibility index (Phi) is 6.28. The molecule has 1 saturated carbocycles. The van der Waals surface area contributed by atoms with Gasteiger partial charge in [0.25, 0.3) is 0 Å². The zero-order valence-electron chi connectivity index (χ0n) is 14.2. The number of guanidine groups is 1. The van der Waals surface area contributed by atoms with Crippen molar-refractivity contribution in [1.29, 1.82) is 0 Å². The van der Waals surface area contributed by atoms with Crippen molar-refractivity contribution < 1.29 is 4.52 Å². The van der Waals surface area contributed by atoms with E-state index in [9.17, 15) is 0 Å². The first-order valence-electron chi connectivity index (χ1n) is 8.86. The van der Waals surface area contributed by atoms with E-state index >= 15 is 0 Å². The van der Waals surface area contributed by atoms with Crippen molar-refractivity contribution in [2.75, 3.05) is 6.54 Å². The summed E-state index contributed by atoms with van der Waals surface area (Å²) < 4.78 is 5.27. The lowest BCUT2D eigenvalue weighted by Gasteiger charge is -2.16. The highest BCUT2D eigenvalue weighted by Crippen LogP contribution is 2.20. The van der Waals surface area contributed by atoms with Crippen LogP contribution in [0.3, 0.4) is 0 Å². The first kappa shape index (κ1) is 17.7. The molecule has 0 aliphatic heterocycles. The summed E-state index contributed by atoms with van der Waals surface area (Å²) in [6.07, 6.45) is 8.06. The summed E-state index contributed by atoms with van der Waals surface area (Å²) in [5.74, 6) is 1.58. The van der Waals surface area contributed by atoms with Crippen LogP contribution in [0.2, 0.25) is 5.02 Å². The Morgan fingerprint density at radius 1 is 1.28 bits per heavy atom. The minimum absolute atomic E-state index is 0.448. The molecule has 0 saturated heterocycles. The molecule has 3 rings (SSSR count). The monoisotopic (exact) mass is 361 g/mol. The number of aliphatic imine (C=N–C) groups is 1. The number of halogens is 1. The predicted octanol–water partition coefficient (Wildman–Crippen LogP) is 3.56. The third-order valence-corrected chi connectivity index (χ3v) is 4.60. The Morgan fingerprint density at radius 2 is 2.08 bits per heavy atom. The van der Waals surface area contributed by atoms with Crippen molar-refractivity contribution in [2.24, 2.45) is 10.7 Å². The van der Waals surface area contributed by atoms with Gasteiger partial charge in [0.1, 0.15) is 0 Å². The van der Waals surface area contributed by atoms with Crippen LogP contribution in [0.15, 0.2) is 33.8 Å². The second-order valence-corrected chi connectivity index (χ2v) is 6.81. The quantitative estimate of drug-likeness (QED) is 0.483. The van der Waals surface area contributed by atoms with E-state index in [0.29, 0.717) is 41.7 Å². The predicted molar refractivity (Wildman–Crippen MR) is 99.6 cm³/mol. The molecule has 3 N–H and O–H groups in total. The standard InChI is InChI=1S/C18H24ClN5O/c19-14-7-5-6-13(12-14)17-23-16(25-24-17)10-11-21-18(20)22-15-8-3-1-2-4-9-15/h5-7,12,15H,1-4,8-11H2,(H3,20,21,22). The third kappa shape index (κ3) is 5.46. The molecule has 134 valence electrons. The molecule has 1 aromatic carbocycles. The van der Waals surface area contributed by atoms with E-state index in [1.807, 2.05) is 24.3 Å². The van der Waals surface area contributed by atoms with Gasteiger partial charge in [-0.15, -0.1) is 0 Å². The number of benzene rings is 1. The number of nitrogens with one attached hydrogen (secondary N) is 1. The van der Waals surface area contributed by atoms with Gasteiger partial charge in [-0.3, -0.25) is 4.99 Å². The van der Waals surface area contributed by atoms with Gasteiger partial charge in [-0.2, -0.15) is 4.98 Å². The molecule has 2 aromatic rings. The molecular formula is C18H24ClN5O. The van der Waals surface area contributed by atoms with E-state index < -0.39 is 0 Å². The first-order chi connectivity index (χ1) is 12.2. The second kappa shape index (κ2) is 8.85. The molecule has 0 amide bonds. The highest BCUT2D eigenvalue weighted by Gasteiger charge is 2.12. The zero-order valence-corrected chi connectivity index (χ0v) is 15.0. The molecule has 1 aliphatic carbocycles. The summed E-state index contributed by atoms with van der Waals surface area (Å²) in [5, 5.41) is 7.96. The highest BCUT2D eigenvalue weighted by atomic mass is 35.5. The van der Waals surface area contributed by atoms with Crippen molar-refractivity contribution in [3.63, 3.8) is 0 Å². The number of nitrogens with two attached hydrogens (primary N) is 1. The topological polar surface area (TPSA) is 89.3 Å². The maximum absolute atomic E-state index is 5.99. The van der Waals surface area contributed by atoms with Crippen LogP contribution in [0.4, 0.5) is 0 Å². The summed E-state index contributed by atoms with van der Waals surface area (Å²) in [5.41, 5.74) is 6.82. The van der Waals surface area contributed by atoms with Gasteiger partial charge < -0.3 is 15.6 Å². The van der Waals surface area contributed by atoms with Crippen LogP contribution in [-0.2, 0) is 6.42 Å². The second-order valence-electron chi connectivity index (χ2n) is 6.37. The van der Waals surface area contributed by atoms with Crippen LogP contribution in [0.25, 0.3) is 11.4 Å². The Labute approximate surface area is 152 Å². The van der Waals surface area contributed by atoms with Gasteiger partial charge in [0, 0.05) is 23.0 Å². The van der Waals surface area contributed by atoms with Crippen LogP contribution < -0.4 is 11.1 Å². The molecule has 1 heterocycles. The molecule has 0 bridgehead atoms. The molecule has 0 atom stereocenters. The van der Waals surface area contributed by atoms with Crippen molar-refractivity contribution in [3.05, 3.63) is 35.2 Å². The molecule has 6 nitrogen and oxygen atoms in total. The van der Waals surface area contributed by atoms with Crippen LogP contribution in [-0.4, -0.2) is 28.7 Å². The van der Waals surface area contributed by atoms with Crippen molar-refractivity contribution in [3.8, 4) is 11.4 Å². The fourth-order valence-corrected chi connectivity index (χ4v) is 3.24. The first-order valence-corrected chi connectivity index (χ1v) is 9.23. The number of hydrogen-bond donors (Lipinski definition) is 2. The molecule has 1 aromatic heterocycles. The highest BCUT2D eigenvalue weighted by molar-refractivity contribution is 6.30. The average Bonchev–Trinajstić information content (AvgIpc) is 2.92. The summed E-state index contributed by atoms with van der Waals surface area (Å²) in [7, 11) is 0. The van der Waals surface area contributed by atoms with Gasteiger partial charge in [-0.1, -0.05) is 54.6 Å². The lowest BCUT2D eigenvalue weighted by molar-refractivity contribution is 0.380. The number of nitrogens with zero attached hydrogens (tertiary/aromatic N) is 3. The Morgan fingerprint density at radius 3 is 2.84 bits per heavy atom. The smallest absolute Gasteiger partial charge is 0.228 e. The number of rotatable bonds is 5. The SMILES string of the molecule is NC(=NCCc1nc(-c2cccc(Cl)c2)no1)NC1CCCCCC1. The summed E-state index contributed by atoms with van der Waals surface area (Å²) in [4.78, 5) is 8.75. The summed E-state index contributed by atoms with van der Waals surface area (Å²) >= 11 is 5.99.